The highest BCUT2D eigenvalue weighted by atomic mass is 16.4. The summed E-state index contributed by atoms with van der Waals surface area (Å²) in [5.41, 5.74) is 3.56. The van der Waals surface area contributed by atoms with Crippen LogP contribution in [0.1, 0.15) is 12.8 Å². The molecule has 0 radical (unpaired) electrons. The largest absolute Gasteiger partial charge is 0.474 e. The van der Waals surface area contributed by atoms with E-state index >= 15 is 0 Å². The zero-order chi connectivity index (χ0) is 13.4. The summed E-state index contributed by atoms with van der Waals surface area (Å²) >= 11 is 0. The highest BCUT2D eigenvalue weighted by Crippen LogP contribution is 1.97. The summed E-state index contributed by atoms with van der Waals surface area (Å²) in [6.07, 6.45) is -0.306. The Morgan fingerprint density at radius 1 is 1.12 bits per heavy atom. The second-order valence-corrected chi connectivity index (χ2v) is 2.95. The number of carboxylic acid groups (broad SMARTS) is 1. The van der Waals surface area contributed by atoms with Crippen LogP contribution in [0.3, 0.4) is 0 Å². The average Bonchev–Trinajstić information content (AvgIpc) is 2.32. The summed E-state index contributed by atoms with van der Waals surface area (Å²) in [6, 6.07) is -1.22. The van der Waals surface area contributed by atoms with Crippen molar-refractivity contribution in [2.75, 3.05) is 0 Å². The summed E-state index contributed by atoms with van der Waals surface area (Å²) in [5.74, 6) is 5.15. The van der Waals surface area contributed by atoms with Gasteiger partial charge in [0.25, 0.3) is 5.91 Å². The van der Waals surface area contributed by atoms with E-state index in [0.29, 0.717) is 0 Å². The minimum atomic E-state index is -1.75. The molecular weight excluding hydrogens is 234 g/mol. The zero-order valence-corrected chi connectivity index (χ0v) is 8.73. The molecule has 0 fully saturated rings. The molecule has 0 aromatic rings. The third-order valence-electron chi connectivity index (χ3n) is 1.78. The molecule has 0 heterocycles. The lowest BCUT2D eigenvalue weighted by Crippen LogP contribution is -2.51. The Morgan fingerprint density at radius 3 is 2.12 bits per heavy atom. The zero-order valence-electron chi connectivity index (χ0n) is 8.73. The third kappa shape index (κ3) is 5.44. The SMILES string of the molecule is NNC(=O)CC[C@H](NC(=O)C(=O)O)C(=O)NN. The van der Waals surface area contributed by atoms with Gasteiger partial charge in [-0.15, -0.1) is 0 Å². The number of carboxylic acids is 1. The van der Waals surface area contributed by atoms with Crippen molar-refractivity contribution in [2.24, 2.45) is 11.7 Å². The van der Waals surface area contributed by atoms with E-state index in [1.165, 1.54) is 0 Å². The molecule has 0 aliphatic heterocycles. The molecule has 0 aromatic carbocycles. The van der Waals surface area contributed by atoms with E-state index in [0.717, 1.165) is 0 Å². The maximum Gasteiger partial charge on any atom is 0.394 e. The van der Waals surface area contributed by atoms with Crippen molar-refractivity contribution in [1.82, 2.24) is 16.2 Å². The van der Waals surface area contributed by atoms with Gasteiger partial charge in [0.1, 0.15) is 6.04 Å². The number of hydrazine groups is 2. The van der Waals surface area contributed by atoms with Gasteiger partial charge in [0, 0.05) is 6.42 Å². The molecular formula is C7H13N5O5. The van der Waals surface area contributed by atoms with Gasteiger partial charge in [-0.25, -0.2) is 16.5 Å². The molecule has 10 nitrogen and oxygen atoms in total. The minimum absolute atomic E-state index is 0.134. The lowest BCUT2D eigenvalue weighted by atomic mass is 10.1. The second kappa shape index (κ2) is 7.14. The molecule has 0 unspecified atom stereocenters. The number of rotatable bonds is 5. The van der Waals surface area contributed by atoms with Gasteiger partial charge < -0.3 is 10.4 Å². The lowest BCUT2D eigenvalue weighted by molar-refractivity contribution is -0.151. The fraction of sp³-hybridized carbons (Fsp3) is 0.429. The Hall–Kier alpha value is -2.20. The van der Waals surface area contributed by atoms with Crippen molar-refractivity contribution in [2.45, 2.75) is 18.9 Å². The Morgan fingerprint density at radius 2 is 1.71 bits per heavy atom. The van der Waals surface area contributed by atoms with E-state index in [2.05, 4.69) is 0 Å². The fourth-order valence-corrected chi connectivity index (χ4v) is 0.937. The molecule has 1 atom stereocenters. The van der Waals surface area contributed by atoms with E-state index in [4.69, 9.17) is 16.8 Å². The molecule has 0 aliphatic carbocycles. The number of hydrogen-bond donors (Lipinski definition) is 6. The molecule has 10 heteroatoms. The van der Waals surface area contributed by atoms with Gasteiger partial charge >= 0.3 is 11.9 Å². The van der Waals surface area contributed by atoms with Gasteiger partial charge in [-0.3, -0.25) is 25.2 Å². The van der Waals surface area contributed by atoms with E-state index in [1.807, 2.05) is 10.7 Å². The van der Waals surface area contributed by atoms with Gasteiger partial charge in [-0.1, -0.05) is 0 Å². The van der Waals surface area contributed by atoms with Crippen molar-refractivity contribution in [1.29, 1.82) is 0 Å². The molecule has 0 bridgehead atoms. The summed E-state index contributed by atoms with van der Waals surface area (Å²) < 4.78 is 0. The van der Waals surface area contributed by atoms with Crippen LogP contribution >= 0.6 is 0 Å². The number of hydrogen-bond acceptors (Lipinski definition) is 6. The summed E-state index contributed by atoms with van der Waals surface area (Å²) in [6.45, 7) is 0. The first-order valence-electron chi connectivity index (χ1n) is 4.46. The van der Waals surface area contributed by atoms with Crippen LogP contribution in [-0.4, -0.2) is 34.8 Å². The fourth-order valence-electron chi connectivity index (χ4n) is 0.937. The summed E-state index contributed by atoms with van der Waals surface area (Å²) in [7, 11) is 0. The molecule has 96 valence electrons. The van der Waals surface area contributed by atoms with Crippen LogP contribution in [0.25, 0.3) is 0 Å². The van der Waals surface area contributed by atoms with E-state index in [9.17, 15) is 19.2 Å². The highest BCUT2D eigenvalue weighted by molar-refractivity contribution is 6.32. The number of carbonyl (C=O) groups excluding carboxylic acids is 3. The molecule has 17 heavy (non-hydrogen) atoms. The van der Waals surface area contributed by atoms with Crippen molar-refractivity contribution in [3.8, 4) is 0 Å². The number of aliphatic carboxylic acids is 1. The van der Waals surface area contributed by atoms with E-state index in [1.54, 1.807) is 5.43 Å². The van der Waals surface area contributed by atoms with Crippen LogP contribution in [-0.2, 0) is 19.2 Å². The lowest BCUT2D eigenvalue weighted by Gasteiger charge is -2.15. The third-order valence-corrected chi connectivity index (χ3v) is 1.78. The quantitative estimate of drug-likeness (QED) is 0.125. The number of amides is 3. The topological polar surface area (TPSA) is 177 Å². The normalized spacial score (nSPS) is 11.2. The Labute approximate surface area is 95.6 Å². The molecule has 0 spiro atoms. The number of carbonyl (C=O) groups is 4. The van der Waals surface area contributed by atoms with Gasteiger partial charge in [0.15, 0.2) is 0 Å². The van der Waals surface area contributed by atoms with Crippen LogP contribution in [0, 0.1) is 0 Å². The van der Waals surface area contributed by atoms with Crippen LogP contribution < -0.4 is 27.9 Å². The first kappa shape index (κ1) is 14.8. The predicted octanol–water partition coefficient (Wildman–Crippen LogP) is -3.68. The maximum absolute atomic E-state index is 11.2. The molecule has 8 N–H and O–H groups in total. The number of nitrogens with one attached hydrogen (secondary N) is 3. The molecule has 0 saturated heterocycles. The summed E-state index contributed by atoms with van der Waals surface area (Å²) in [4.78, 5) is 43.1. The molecule has 0 aromatic heterocycles. The van der Waals surface area contributed by atoms with Crippen LogP contribution in [0.5, 0.6) is 0 Å². The van der Waals surface area contributed by atoms with E-state index in [-0.39, 0.29) is 12.8 Å². The van der Waals surface area contributed by atoms with Crippen molar-refractivity contribution < 1.29 is 24.3 Å². The second-order valence-electron chi connectivity index (χ2n) is 2.95. The molecule has 0 rings (SSSR count). The summed E-state index contributed by atoms with van der Waals surface area (Å²) in [5, 5.41) is 10.2. The van der Waals surface area contributed by atoms with Gasteiger partial charge in [-0.05, 0) is 6.42 Å². The number of nitrogens with two attached hydrogens (primary N) is 2. The first-order chi connectivity index (χ1) is 7.92. The highest BCUT2D eigenvalue weighted by Gasteiger charge is 2.23. The smallest absolute Gasteiger partial charge is 0.394 e. The van der Waals surface area contributed by atoms with E-state index < -0.39 is 29.7 Å². The monoisotopic (exact) mass is 247 g/mol. The molecule has 0 aliphatic rings. The Kier molecular flexibility index (Phi) is 6.21. The van der Waals surface area contributed by atoms with Gasteiger partial charge in [0.2, 0.25) is 5.91 Å². The standard InChI is InChI=1S/C7H13N5O5/c8-11-4(13)2-1-3(5(14)12-9)10-6(15)7(16)17/h3H,1-2,8-9H2,(H,10,15)(H,11,13)(H,12,14)(H,16,17)/t3-/m0/s1. The van der Waals surface area contributed by atoms with Crippen molar-refractivity contribution >= 4 is 23.7 Å². The first-order valence-corrected chi connectivity index (χ1v) is 4.46. The maximum atomic E-state index is 11.2. The Bertz CT molecular complexity index is 331. The van der Waals surface area contributed by atoms with Gasteiger partial charge in [0.05, 0.1) is 0 Å². The van der Waals surface area contributed by atoms with Crippen LogP contribution in [0.15, 0.2) is 0 Å². The predicted molar refractivity (Wildman–Crippen MR) is 53.5 cm³/mol. The average molecular weight is 247 g/mol. The minimum Gasteiger partial charge on any atom is -0.474 e. The van der Waals surface area contributed by atoms with Crippen LogP contribution in [0.2, 0.25) is 0 Å². The Balaban J connectivity index is 4.44. The van der Waals surface area contributed by atoms with Gasteiger partial charge in [-0.2, -0.15) is 0 Å². The van der Waals surface area contributed by atoms with Crippen LogP contribution in [0.4, 0.5) is 0 Å². The molecule has 0 saturated carbocycles. The molecule has 3 amide bonds. The van der Waals surface area contributed by atoms with Crippen molar-refractivity contribution in [3.05, 3.63) is 0 Å². The van der Waals surface area contributed by atoms with Crippen molar-refractivity contribution in [3.63, 3.8) is 0 Å².